The Hall–Kier alpha value is -2.79. The maximum Gasteiger partial charge on any atom is 0.145 e. The van der Waals surface area contributed by atoms with Crippen molar-refractivity contribution in [3.8, 4) is 11.4 Å². The molecule has 0 saturated carbocycles. The number of para-hydroxylation sites is 2. The summed E-state index contributed by atoms with van der Waals surface area (Å²) in [6.07, 6.45) is 5.88. The predicted octanol–water partition coefficient (Wildman–Crippen LogP) is 5.40. The number of anilines is 1. The molecule has 168 valence electrons. The molecular weight excluding hydrogens is 396 g/mol. The number of rotatable bonds is 6. The molecule has 0 atom stereocenters. The molecule has 2 aromatic carbocycles. The minimum atomic E-state index is 0.524. The lowest BCUT2D eigenvalue weighted by atomic mass is 9.90. The van der Waals surface area contributed by atoms with Crippen LogP contribution >= 0.6 is 0 Å². The number of aromatic nitrogens is 2. The molecule has 0 unspecified atom stereocenters. The van der Waals surface area contributed by atoms with Crippen molar-refractivity contribution in [2.45, 2.75) is 51.5 Å². The summed E-state index contributed by atoms with van der Waals surface area (Å²) in [7, 11) is 0. The Morgan fingerprint density at radius 3 is 2.59 bits per heavy atom. The van der Waals surface area contributed by atoms with Crippen molar-refractivity contribution >= 4 is 5.82 Å². The molecule has 5 nitrogen and oxygen atoms in total. The van der Waals surface area contributed by atoms with E-state index in [1.54, 1.807) is 0 Å². The van der Waals surface area contributed by atoms with Gasteiger partial charge >= 0.3 is 0 Å². The van der Waals surface area contributed by atoms with Gasteiger partial charge in [-0.05, 0) is 69.8 Å². The smallest absolute Gasteiger partial charge is 0.145 e. The summed E-state index contributed by atoms with van der Waals surface area (Å²) in [6, 6.07) is 19.1. The second kappa shape index (κ2) is 9.78. The van der Waals surface area contributed by atoms with E-state index in [0.29, 0.717) is 12.5 Å². The van der Waals surface area contributed by atoms with E-state index in [0.717, 1.165) is 44.0 Å². The first-order chi connectivity index (χ1) is 15.8. The highest BCUT2D eigenvalue weighted by Gasteiger charge is 2.29. The monoisotopic (exact) mass is 430 g/mol. The fourth-order valence-corrected chi connectivity index (χ4v) is 5.15. The number of fused-ring (bicyclic) bond motifs is 1. The maximum atomic E-state index is 5.94. The van der Waals surface area contributed by atoms with Crippen LogP contribution in [0.25, 0.3) is 5.69 Å². The molecule has 0 amide bonds. The molecule has 3 heterocycles. The molecular formula is C27H34N4O. The number of likely N-dealkylation sites (tertiary alicyclic amines) is 1. The molecule has 32 heavy (non-hydrogen) atoms. The van der Waals surface area contributed by atoms with Gasteiger partial charge < -0.3 is 10.1 Å². The van der Waals surface area contributed by atoms with Crippen LogP contribution in [0.15, 0.2) is 54.6 Å². The van der Waals surface area contributed by atoms with Crippen LogP contribution in [-0.2, 0) is 13.0 Å². The summed E-state index contributed by atoms with van der Waals surface area (Å²) in [4.78, 5) is 2.59. The topological polar surface area (TPSA) is 42.3 Å². The van der Waals surface area contributed by atoms with Crippen LogP contribution in [0, 0.1) is 0 Å². The summed E-state index contributed by atoms with van der Waals surface area (Å²) in [5.41, 5.74) is 5.17. The number of hydrogen-bond acceptors (Lipinski definition) is 4. The Balaban J connectivity index is 1.40. The van der Waals surface area contributed by atoms with Crippen LogP contribution in [0.4, 0.5) is 5.82 Å². The number of hydrogen-bond donors (Lipinski definition) is 1. The zero-order valence-corrected chi connectivity index (χ0v) is 19.1. The average molecular weight is 431 g/mol. The van der Waals surface area contributed by atoms with E-state index in [9.17, 15) is 0 Å². The van der Waals surface area contributed by atoms with Gasteiger partial charge in [0.05, 0.1) is 12.3 Å². The van der Waals surface area contributed by atoms with Crippen LogP contribution in [-0.4, -0.2) is 40.9 Å². The fourth-order valence-electron chi connectivity index (χ4n) is 5.15. The number of nitrogens with one attached hydrogen (secondary N) is 1. The molecule has 5 rings (SSSR count). The molecule has 0 bridgehead atoms. The fraction of sp³-hybridized carbons (Fsp3) is 0.444. The van der Waals surface area contributed by atoms with Gasteiger partial charge in [0.1, 0.15) is 17.3 Å². The van der Waals surface area contributed by atoms with Gasteiger partial charge in [0.2, 0.25) is 0 Å². The lowest BCUT2D eigenvalue weighted by Crippen LogP contribution is -2.32. The largest absolute Gasteiger partial charge is 0.492 e. The van der Waals surface area contributed by atoms with Crippen LogP contribution < -0.4 is 10.1 Å². The molecule has 1 N–H and O–H groups in total. The SMILES string of the molecule is CCOc1ccccc1-n1nc(C2CCN(Cc3ccccc3)CC2)c2c1NCCCC2. The van der Waals surface area contributed by atoms with E-state index in [2.05, 4.69) is 57.4 Å². The van der Waals surface area contributed by atoms with Gasteiger partial charge in [0.15, 0.2) is 0 Å². The second-order valence-electron chi connectivity index (χ2n) is 8.94. The Bertz CT molecular complexity index is 1020. The van der Waals surface area contributed by atoms with Crippen molar-refractivity contribution in [2.24, 2.45) is 0 Å². The van der Waals surface area contributed by atoms with E-state index in [1.165, 1.54) is 48.3 Å². The molecule has 1 saturated heterocycles. The van der Waals surface area contributed by atoms with Crippen molar-refractivity contribution in [1.82, 2.24) is 14.7 Å². The Kier molecular flexibility index (Phi) is 6.44. The molecule has 3 aromatic rings. The van der Waals surface area contributed by atoms with Crippen molar-refractivity contribution in [3.05, 3.63) is 71.4 Å². The minimum Gasteiger partial charge on any atom is -0.492 e. The number of piperidine rings is 1. The van der Waals surface area contributed by atoms with Crippen LogP contribution in [0.5, 0.6) is 5.75 Å². The molecule has 1 aromatic heterocycles. The van der Waals surface area contributed by atoms with Crippen molar-refractivity contribution in [3.63, 3.8) is 0 Å². The van der Waals surface area contributed by atoms with E-state index in [1.807, 2.05) is 19.1 Å². The second-order valence-corrected chi connectivity index (χ2v) is 8.94. The zero-order valence-electron chi connectivity index (χ0n) is 19.1. The first-order valence-electron chi connectivity index (χ1n) is 12.2. The first kappa shape index (κ1) is 21.1. The Morgan fingerprint density at radius 2 is 1.78 bits per heavy atom. The highest BCUT2D eigenvalue weighted by molar-refractivity contribution is 5.58. The highest BCUT2D eigenvalue weighted by Crippen LogP contribution is 2.38. The lowest BCUT2D eigenvalue weighted by molar-refractivity contribution is 0.203. The predicted molar refractivity (Wildman–Crippen MR) is 130 cm³/mol. The van der Waals surface area contributed by atoms with E-state index in [4.69, 9.17) is 9.84 Å². The normalized spacial score (nSPS) is 17.4. The minimum absolute atomic E-state index is 0.524. The summed E-state index contributed by atoms with van der Waals surface area (Å²) < 4.78 is 8.07. The van der Waals surface area contributed by atoms with E-state index in [-0.39, 0.29) is 0 Å². The van der Waals surface area contributed by atoms with Crippen LogP contribution in [0.2, 0.25) is 0 Å². The third kappa shape index (κ3) is 4.40. The van der Waals surface area contributed by atoms with Gasteiger partial charge in [-0.1, -0.05) is 42.5 Å². The number of ether oxygens (including phenoxy) is 1. The van der Waals surface area contributed by atoms with Gasteiger partial charge in [0, 0.05) is 24.6 Å². The number of benzene rings is 2. The maximum absolute atomic E-state index is 5.94. The third-order valence-electron chi connectivity index (χ3n) is 6.78. The molecule has 5 heteroatoms. The van der Waals surface area contributed by atoms with Crippen LogP contribution in [0.1, 0.15) is 55.3 Å². The first-order valence-corrected chi connectivity index (χ1v) is 12.2. The van der Waals surface area contributed by atoms with Gasteiger partial charge in [0.25, 0.3) is 0 Å². The molecule has 2 aliphatic heterocycles. The lowest BCUT2D eigenvalue weighted by Gasteiger charge is -2.31. The summed E-state index contributed by atoms with van der Waals surface area (Å²) >= 11 is 0. The summed E-state index contributed by atoms with van der Waals surface area (Å²) in [5, 5.41) is 8.93. The van der Waals surface area contributed by atoms with E-state index < -0.39 is 0 Å². The summed E-state index contributed by atoms with van der Waals surface area (Å²) in [5.74, 6) is 2.60. The highest BCUT2D eigenvalue weighted by atomic mass is 16.5. The Morgan fingerprint density at radius 1 is 1.00 bits per heavy atom. The van der Waals surface area contributed by atoms with Gasteiger partial charge in [-0.2, -0.15) is 5.10 Å². The summed E-state index contributed by atoms with van der Waals surface area (Å²) in [6.45, 7) is 7.00. The van der Waals surface area contributed by atoms with Gasteiger partial charge in [-0.3, -0.25) is 4.90 Å². The van der Waals surface area contributed by atoms with Crippen molar-refractivity contribution in [2.75, 3.05) is 31.6 Å². The van der Waals surface area contributed by atoms with Gasteiger partial charge in [-0.15, -0.1) is 0 Å². The average Bonchev–Trinajstić information content (AvgIpc) is 3.01. The third-order valence-corrected chi connectivity index (χ3v) is 6.78. The molecule has 2 aliphatic rings. The Labute approximate surface area is 191 Å². The zero-order chi connectivity index (χ0) is 21.8. The van der Waals surface area contributed by atoms with Crippen molar-refractivity contribution < 1.29 is 4.74 Å². The molecule has 0 spiro atoms. The molecule has 1 fully saturated rings. The van der Waals surface area contributed by atoms with E-state index >= 15 is 0 Å². The quantitative estimate of drug-likeness (QED) is 0.569. The standard InChI is InChI=1S/C27H34N4O/c1-2-32-25-14-7-6-13-24(25)31-27-23(12-8-9-17-28-27)26(29-31)22-15-18-30(19-16-22)20-21-10-4-3-5-11-21/h3-7,10-11,13-14,22,28H,2,8-9,12,15-20H2,1H3. The molecule has 0 aliphatic carbocycles. The molecule has 0 radical (unpaired) electrons. The number of nitrogens with zero attached hydrogens (tertiary/aromatic N) is 3. The van der Waals surface area contributed by atoms with Gasteiger partial charge in [-0.25, -0.2) is 4.68 Å². The van der Waals surface area contributed by atoms with Crippen LogP contribution in [0.3, 0.4) is 0 Å². The van der Waals surface area contributed by atoms with Crippen molar-refractivity contribution in [1.29, 1.82) is 0 Å².